The van der Waals surface area contributed by atoms with Gasteiger partial charge in [-0.25, -0.2) is 8.42 Å². The van der Waals surface area contributed by atoms with E-state index in [4.69, 9.17) is 9.47 Å². The third-order valence-electron chi connectivity index (χ3n) is 4.20. The van der Waals surface area contributed by atoms with Crippen molar-refractivity contribution in [3.05, 3.63) is 18.2 Å². The summed E-state index contributed by atoms with van der Waals surface area (Å²) in [6.07, 6.45) is 4.15. The van der Waals surface area contributed by atoms with E-state index in [9.17, 15) is 13.2 Å². The Labute approximate surface area is 142 Å². The first-order valence-corrected chi connectivity index (χ1v) is 9.95. The monoisotopic (exact) mass is 354 g/mol. The third kappa shape index (κ3) is 3.75. The van der Waals surface area contributed by atoms with Gasteiger partial charge < -0.3 is 14.4 Å². The maximum Gasteiger partial charge on any atom is 0.243 e. The van der Waals surface area contributed by atoms with Crippen LogP contribution in [0.15, 0.2) is 18.2 Å². The summed E-state index contributed by atoms with van der Waals surface area (Å²) in [4.78, 5) is 14.2. The second-order valence-corrected chi connectivity index (χ2v) is 7.95. The van der Waals surface area contributed by atoms with Crippen molar-refractivity contribution in [1.82, 2.24) is 4.90 Å². The van der Waals surface area contributed by atoms with E-state index in [0.29, 0.717) is 43.5 Å². The molecular formula is C16H22N2O5S. The second-order valence-electron chi connectivity index (χ2n) is 6.04. The van der Waals surface area contributed by atoms with Gasteiger partial charge in [-0.05, 0) is 31.4 Å². The maximum atomic E-state index is 12.5. The molecule has 1 aromatic carbocycles. The lowest BCUT2D eigenvalue weighted by Crippen LogP contribution is -2.44. The molecule has 1 saturated heterocycles. The number of amides is 1. The summed E-state index contributed by atoms with van der Waals surface area (Å²) >= 11 is 0. The van der Waals surface area contributed by atoms with Crippen LogP contribution in [0.25, 0.3) is 0 Å². The number of piperidine rings is 1. The Morgan fingerprint density at radius 3 is 2.46 bits per heavy atom. The number of benzene rings is 1. The van der Waals surface area contributed by atoms with Crippen molar-refractivity contribution in [3.8, 4) is 11.5 Å². The standard InChI is InChI=1S/C16H22N2O5S/c1-24(20,21)18(12-16(19)17-7-3-2-4-8-17)13-5-6-14-15(11-13)23-10-9-22-14/h5-6,11H,2-4,7-10,12H2,1H3. The van der Waals surface area contributed by atoms with E-state index >= 15 is 0 Å². The molecular weight excluding hydrogens is 332 g/mol. The first-order valence-electron chi connectivity index (χ1n) is 8.10. The highest BCUT2D eigenvalue weighted by Crippen LogP contribution is 2.34. The summed E-state index contributed by atoms with van der Waals surface area (Å²) in [5.41, 5.74) is 0.409. The molecule has 132 valence electrons. The van der Waals surface area contributed by atoms with E-state index in [1.54, 1.807) is 23.1 Å². The molecule has 2 aliphatic heterocycles. The van der Waals surface area contributed by atoms with Crippen LogP contribution in [-0.4, -0.2) is 58.3 Å². The number of ether oxygens (including phenoxy) is 2. The zero-order chi connectivity index (χ0) is 17.2. The number of carbonyl (C=O) groups excluding carboxylic acids is 1. The van der Waals surface area contributed by atoms with Crippen LogP contribution < -0.4 is 13.8 Å². The number of rotatable bonds is 4. The molecule has 1 aromatic rings. The van der Waals surface area contributed by atoms with E-state index in [0.717, 1.165) is 29.8 Å². The van der Waals surface area contributed by atoms with Crippen LogP contribution in [0.3, 0.4) is 0 Å². The molecule has 0 saturated carbocycles. The molecule has 7 nitrogen and oxygen atoms in total. The molecule has 0 unspecified atom stereocenters. The lowest BCUT2D eigenvalue weighted by Gasteiger charge is -2.30. The summed E-state index contributed by atoms with van der Waals surface area (Å²) in [6, 6.07) is 4.92. The van der Waals surface area contributed by atoms with Gasteiger partial charge >= 0.3 is 0 Å². The number of likely N-dealkylation sites (tertiary alicyclic amines) is 1. The van der Waals surface area contributed by atoms with E-state index in [2.05, 4.69) is 0 Å². The van der Waals surface area contributed by atoms with Gasteiger partial charge in [0.15, 0.2) is 11.5 Å². The van der Waals surface area contributed by atoms with Gasteiger partial charge in [-0.2, -0.15) is 0 Å². The predicted octanol–water partition coefficient (Wildman–Crippen LogP) is 1.24. The molecule has 24 heavy (non-hydrogen) atoms. The molecule has 0 spiro atoms. The van der Waals surface area contributed by atoms with E-state index < -0.39 is 10.0 Å². The molecule has 8 heteroatoms. The number of fused-ring (bicyclic) bond motifs is 1. The zero-order valence-electron chi connectivity index (χ0n) is 13.7. The summed E-state index contributed by atoms with van der Waals surface area (Å²) in [6.45, 7) is 2.07. The fourth-order valence-electron chi connectivity index (χ4n) is 2.95. The first kappa shape index (κ1) is 16.9. The van der Waals surface area contributed by atoms with Crippen LogP contribution in [-0.2, 0) is 14.8 Å². The Balaban J connectivity index is 1.83. The van der Waals surface area contributed by atoms with E-state index in [1.165, 1.54) is 0 Å². The fraction of sp³-hybridized carbons (Fsp3) is 0.562. The van der Waals surface area contributed by atoms with Crippen molar-refractivity contribution in [2.45, 2.75) is 19.3 Å². The predicted molar refractivity (Wildman–Crippen MR) is 90.1 cm³/mol. The van der Waals surface area contributed by atoms with Crippen LogP contribution in [0.4, 0.5) is 5.69 Å². The quantitative estimate of drug-likeness (QED) is 0.813. The maximum absolute atomic E-state index is 12.5. The van der Waals surface area contributed by atoms with Crippen molar-refractivity contribution < 1.29 is 22.7 Å². The van der Waals surface area contributed by atoms with Crippen LogP contribution in [0.1, 0.15) is 19.3 Å². The molecule has 0 radical (unpaired) electrons. The van der Waals surface area contributed by atoms with Crippen molar-refractivity contribution in [2.24, 2.45) is 0 Å². The highest BCUT2D eigenvalue weighted by molar-refractivity contribution is 7.92. The Kier molecular flexibility index (Phi) is 4.84. The van der Waals surface area contributed by atoms with Crippen molar-refractivity contribution in [3.63, 3.8) is 0 Å². The van der Waals surface area contributed by atoms with Crippen molar-refractivity contribution in [1.29, 1.82) is 0 Å². The van der Waals surface area contributed by atoms with Gasteiger partial charge in [0.05, 0.1) is 11.9 Å². The van der Waals surface area contributed by atoms with Gasteiger partial charge in [-0.15, -0.1) is 0 Å². The number of sulfonamides is 1. The molecule has 0 aromatic heterocycles. The summed E-state index contributed by atoms with van der Waals surface area (Å²) < 4.78 is 36.5. The lowest BCUT2D eigenvalue weighted by atomic mass is 10.1. The van der Waals surface area contributed by atoms with Gasteiger partial charge in [-0.3, -0.25) is 9.10 Å². The summed E-state index contributed by atoms with van der Waals surface area (Å²) in [5.74, 6) is 0.911. The smallest absolute Gasteiger partial charge is 0.243 e. The van der Waals surface area contributed by atoms with Gasteiger partial charge in [-0.1, -0.05) is 0 Å². The summed E-state index contributed by atoms with van der Waals surface area (Å²) in [7, 11) is -3.59. The number of hydrogen-bond donors (Lipinski definition) is 0. The summed E-state index contributed by atoms with van der Waals surface area (Å²) in [5, 5.41) is 0. The second kappa shape index (κ2) is 6.88. The first-order chi connectivity index (χ1) is 11.4. The number of anilines is 1. The minimum atomic E-state index is -3.59. The fourth-order valence-corrected chi connectivity index (χ4v) is 3.79. The van der Waals surface area contributed by atoms with Crippen LogP contribution >= 0.6 is 0 Å². The topological polar surface area (TPSA) is 76.2 Å². The minimum Gasteiger partial charge on any atom is -0.486 e. The third-order valence-corrected chi connectivity index (χ3v) is 5.34. The zero-order valence-corrected chi connectivity index (χ0v) is 14.5. The average molecular weight is 354 g/mol. The molecule has 2 aliphatic rings. The van der Waals surface area contributed by atoms with Crippen molar-refractivity contribution >= 4 is 21.6 Å². The van der Waals surface area contributed by atoms with Gasteiger partial charge in [0, 0.05) is 19.2 Å². The molecule has 0 atom stereocenters. The SMILES string of the molecule is CS(=O)(=O)N(CC(=O)N1CCCCC1)c1ccc2c(c1)OCCO2. The van der Waals surface area contributed by atoms with Crippen LogP contribution in [0, 0.1) is 0 Å². The van der Waals surface area contributed by atoms with E-state index in [-0.39, 0.29) is 12.5 Å². The Morgan fingerprint density at radius 1 is 1.12 bits per heavy atom. The van der Waals surface area contributed by atoms with Crippen molar-refractivity contribution in [2.75, 3.05) is 43.4 Å². The van der Waals surface area contributed by atoms with Crippen LogP contribution in [0.5, 0.6) is 11.5 Å². The Morgan fingerprint density at radius 2 is 1.79 bits per heavy atom. The number of carbonyl (C=O) groups is 1. The highest BCUT2D eigenvalue weighted by Gasteiger charge is 2.26. The molecule has 1 fully saturated rings. The number of hydrogen-bond acceptors (Lipinski definition) is 5. The largest absolute Gasteiger partial charge is 0.486 e. The molecule has 0 aliphatic carbocycles. The highest BCUT2D eigenvalue weighted by atomic mass is 32.2. The molecule has 3 rings (SSSR count). The van der Waals surface area contributed by atoms with Gasteiger partial charge in [0.2, 0.25) is 15.9 Å². The van der Waals surface area contributed by atoms with Gasteiger partial charge in [0.1, 0.15) is 19.8 Å². The molecule has 1 amide bonds. The lowest BCUT2D eigenvalue weighted by molar-refractivity contribution is -0.130. The Bertz CT molecular complexity index is 713. The van der Waals surface area contributed by atoms with E-state index in [1.807, 2.05) is 0 Å². The average Bonchev–Trinajstić information content (AvgIpc) is 2.59. The molecule has 0 N–H and O–H groups in total. The Hall–Kier alpha value is -1.96. The normalized spacial score (nSPS) is 17.5. The molecule has 2 heterocycles. The number of nitrogens with zero attached hydrogens (tertiary/aromatic N) is 2. The van der Waals surface area contributed by atoms with Gasteiger partial charge in [0.25, 0.3) is 0 Å². The van der Waals surface area contributed by atoms with Crippen LogP contribution in [0.2, 0.25) is 0 Å². The molecule has 0 bridgehead atoms. The minimum absolute atomic E-state index is 0.171.